The van der Waals surface area contributed by atoms with Gasteiger partial charge in [-0.2, -0.15) is 0 Å². The fourth-order valence-electron chi connectivity index (χ4n) is 6.14. The molecular formula is C28H27ClF2N6O2. The van der Waals surface area contributed by atoms with Gasteiger partial charge in [-0.25, -0.2) is 18.7 Å². The fourth-order valence-corrected chi connectivity index (χ4v) is 6.30. The van der Waals surface area contributed by atoms with Crippen LogP contribution in [0.5, 0.6) is 0 Å². The minimum Gasteiger partial charge on any atom is -0.354 e. The lowest BCUT2D eigenvalue weighted by Gasteiger charge is -2.47. The molecular weight excluding hydrogens is 526 g/mol. The first-order valence-corrected chi connectivity index (χ1v) is 13.4. The van der Waals surface area contributed by atoms with Crippen LogP contribution in [0.3, 0.4) is 0 Å². The second kappa shape index (κ2) is 10.1. The van der Waals surface area contributed by atoms with Crippen LogP contribution in [0, 0.1) is 5.92 Å². The van der Waals surface area contributed by atoms with Gasteiger partial charge in [0.05, 0.1) is 10.6 Å². The zero-order valence-corrected chi connectivity index (χ0v) is 21.8. The number of aromatic nitrogens is 3. The molecule has 3 aromatic rings. The Morgan fingerprint density at radius 1 is 1.13 bits per heavy atom. The minimum atomic E-state index is -2.87. The van der Waals surface area contributed by atoms with Crippen LogP contribution in [0.15, 0.2) is 55.1 Å². The van der Waals surface area contributed by atoms with Crippen molar-refractivity contribution in [2.24, 2.45) is 5.92 Å². The number of halogens is 3. The smallest absolute Gasteiger partial charge is 0.281 e. The van der Waals surface area contributed by atoms with E-state index in [4.69, 9.17) is 11.6 Å². The number of nitrogens with zero attached hydrogens (tertiary/aromatic N) is 5. The zero-order chi connectivity index (χ0) is 27.1. The normalized spacial score (nSPS) is 21.7. The van der Waals surface area contributed by atoms with E-state index in [1.54, 1.807) is 6.20 Å². The summed E-state index contributed by atoms with van der Waals surface area (Å²) in [6.45, 7) is 1.77. The second-order valence-corrected chi connectivity index (χ2v) is 11.0. The van der Waals surface area contributed by atoms with Gasteiger partial charge in [0.15, 0.2) is 0 Å². The Kier molecular flexibility index (Phi) is 6.66. The van der Waals surface area contributed by atoms with E-state index in [-0.39, 0.29) is 28.5 Å². The van der Waals surface area contributed by atoms with Crippen LogP contribution in [-0.4, -0.2) is 52.4 Å². The van der Waals surface area contributed by atoms with Crippen molar-refractivity contribution in [3.8, 4) is 0 Å². The molecule has 2 aliphatic heterocycles. The molecule has 1 spiro atoms. The van der Waals surface area contributed by atoms with E-state index in [0.29, 0.717) is 32.5 Å². The topological polar surface area (TPSA) is 91.3 Å². The Labute approximate surface area is 229 Å². The molecule has 6 rings (SSSR count). The van der Waals surface area contributed by atoms with Crippen molar-refractivity contribution in [1.82, 2.24) is 20.3 Å². The van der Waals surface area contributed by atoms with Crippen LogP contribution in [0.4, 0.5) is 20.3 Å². The highest BCUT2D eigenvalue weighted by Crippen LogP contribution is 2.48. The highest BCUT2D eigenvalue weighted by atomic mass is 35.5. The lowest BCUT2D eigenvalue weighted by molar-refractivity contribution is -0.124. The van der Waals surface area contributed by atoms with Crippen molar-refractivity contribution in [2.45, 2.75) is 43.6 Å². The maximum Gasteiger partial charge on any atom is 0.281 e. The number of hydrogen-bond donors (Lipinski definition) is 1. The Balaban J connectivity index is 1.09. The summed E-state index contributed by atoms with van der Waals surface area (Å²) in [4.78, 5) is 42.6. The van der Waals surface area contributed by atoms with Crippen molar-refractivity contribution in [2.75, 3.05) is 29.4 Å². The van der Waals surface area contributed by atoms with Crippen LogP contribution >= 0.6 is 11.6 Å². The number of pyridine rings is 1. The van der Waals surface area contributed by atoms with Gasteiger partial charge in [0, 0.05) is 43.8 Å². The van der Waals surface area contributed by atoms with E-state index in [9.17, 15) is 18.4 Å². The summed E-state index contributed by atoms with van der Waals surface area (Å²) in [5, 5.41) is 3.01. The van der Waals surface area contributed by atoms with Gasteiger partial charge in [-0.05, 0) is 55.4 Å². The van der Waals surface area contributed by atoms with E-state index >= 15 is 0 Å². The van der Waals surface area contributed by atoms with Gasteiger partial charge in [0.2, 0.25) is 5.91 Å². The molecule has 11 heteroatoms. The van der Waals surface area contributed by atoms with Crippen LogP contribution in [-0.2, 0) is 10.2 Å². The van der Waals surface area contributed by atoms with Gasteiger partial charge in [-0.15, -0.1) is 0 Å². The molecule has 2 amide bonds. The lowest BCUT2D eigenvalue weighted by atomic mass is 9.74. The van der Waals surface area contributed by atoms with Crippen molar-refractivity contribution in [1.29, 1.82) is 0 Å². The zero-order valence-electron chi connectivity index (χ0n) is 21.1. The van der Waals surface area contributed by atoms with E-state index in [1.807, 2.05) is 29.2 Å². The largest absolute Gasteiger partial charge is 0.354 e. The van der Waals surface area contributed by atoms with E-state index in [1.165, 1.54) is 12.4 Å². The third kappa shape index (κ3) is 4.60. The summed E-state index contributed by atoms with van der Waals surface area (Å²) in [6, 6.07) is 11.0. The summed E-state index contributed by atoms with van der Waals surface area (Å²) >= 11 is 5.90. The fraction of sp³-hybridized carbons (Fsp3) is 0.393. The van der Waals surface area contributed by atoms with Crippen LogP contribution in [0.2, 0.25) is 5.02 Å². The van der Waals surface area contributed by atoms with Crippen molar-refractivity contribution in [3.63, 3.8) is 0 Å². The number of amides is 2. The van der Waals surface area contributed by atoms with Gasteiger partial charge >= 0.3 is 0 Å². The summed E-state index contributed by atoms with van der Waals surface area (Å²) in [6.07, 6.45) is 4.48. The summed E-state index contributed by atoms with van der Waals surface area (Å²) in [7, 11) is 0. The quantitative estimate of drug-likeness (QED) is 0.482. The molecule has 0 radical (unpaired) electrons. The van der Waals surface area contributed by atoms with Crippen molar-refractivity contribution < 1.29 is 18.4 Å². The van der Waals surface area contributed by atoms with E-state index in [0.717, 1.165) is 36.1 Å². The third-order valence-electron chi connectivity index (χ3n) is 8.14. The number of alkyl halides is 2. The SMILES string of the molecule is O=C(N[C@H]1CC[C@H](CN2C(=O)C3(CN(c4ccncn4)C3)c3ccccc32)CC1)c1cc(Cl)cnc1C(F)F. The minimum absolute atomic E-state index is 0.123. The number of carbonyl (C=O) groups is 2. The first kappa shape index (κ1) is 25.6. The maximum absolute atomic E-state index is 13.8. The molecule has 0 unspecified atom stereocenters. The number of hydrogen-bond acceptors (Lipinski definition) is 6. The number of para-hydroxylation sites is 1. The monoisotopic (exact) mass is 552 g/mol. The van der Waals surface area contributed by atoms with Crippen LogP contribution < -0.4 is 15.1 Å². The Morgan fingerprint density at radius 2 is 1.90 bits per heavy atom. The maximum atomic E-state index is 13.8. The van der Waals surface area contributed by atoms with Crippen LogP contribution in [0.25, 0.3) is 0 Å². The average Bonchev–Trinajstić information content (AvgIpc) is 3.17. The third-order valence-corrected chi connectivity index (χ3v) is 8.34. The molecule has 39 heavy (non-hydrogen) atoms. The summed E-state index contributed by atoms with van der Waals surface area (Å²) < 4.78 is 26.7. The molecule has 0 bridgehead atoms. The standard InChI is InChI=1S/C28H27ClF2N6O2/c29-18-11-20(24(25(30)31)33-12-18)26(38)35-19-7-5-17(6-8-19)13-37-22-4-2-1-3-21(22)28(27(37)39)14-36(15-28)23-9-10-32-16-34-23/h1-4,9-12,16-17,19,25H,5-8,13-15H2,(H,35,38)/t17-,19-. The van der Waals surface area contributed by atoms with Crippen molar-refractivity contribution in [3.05, 3.63) is 77.0 Å². The molecule has 1 saturated carbocycles. The Morgan fingerprint density at radius 3 is 2.62 bits per heavy atom. The molecule has 2 fully saturated rings. The number of fused-ring (bicyclic) bond motifs is 2. The average molecular weight is 553 g/mol. The highest BCUT2D eigenvalue weighted by molar-refractivity contribution is 6.30. The lowest BCUT2D eigenvalue weighted by Crippen LogP contribution is -2.64. The summed E-state index contributed by atoms with van der Waals surface area (Å²) in [5.74, 6) is 0.617. The first-order valence-electron chi connectivity index (χ1n) is 13.0. The number of anilines is 2. The predicted octanol–water partition coefficient (Wildman–Crippen LogP) is 4.56. The van der Waals surface area contributed by atoms with Crippen molar-refractivity contribution >= 4 is 34.9 Å². The number of benzene rings is 1. The molecule has 1 aliphatic carbocycles. The number of carbonyl (C=O) groups excluding carboxylic acids is 2. The highest BCUT2D eigenvalue weighted by Gasteiger charge is 2.58. The molecule has 8 nitrogen and oxygen atoms in total. The molecule has 4 heterocycles. The predicted molar refractivity (Wildman–Crippen MR) is 142 cm³/mol. The number of rotatable bonds is 6. The van der Waals surface area contributed by atoms with E-state index in [2.05, 4.69) is 31.2 Å². The van der Waals surface area contributed by atoms with Gasteiger partial charge in [-0.3, -0.25) is 14.6 Å². The van der Waals surface area contributed by atoms with Gasteiger partial charge in [0.25, 0.3) is 12.3 Å². The second-order valence-electron chi connectivity index (χ2n) is 10.5. The van der Waals surface area contributed by atoms with Gasteiger partial charge in [0.1, 0.15) is 23.3 Å². The van der Waals surface area contributed by atoms with Gasteiger partial charge in [-0.1, -0.05) is 29.8 Å². The molecule has 202 valence electrons. The molecule has 1 saturated heterocycles. The Hall–Kier alpha value is -3.66. The molecule has 1 aromatic carbocycles. The molecule has 2 aromatic heterocycles. The summed E-state index contributed by atoms with van der Waals surface area (Å²) in [5.41, 5.74) is 0.695. The molecule has 1 N–H and O–H groups in total. The first-order chi connectivity index (χ1) is 18.9. The molecule has 0 atom stereocenters. The van der Waals surface area contributed by atoms with Crippen LogP contribution in [0.1, 0.15) is 53.7 Å². The number of nitrogens with one attached hydrogen (secondary N) is 1. The molecule has 3 aliphatic rings. The van der Waals surface area contributed by atoms with Gasteiger partial charge < -0.3 is 15.1 Å². The van der Waals surface area contributed by atoms with E-state index < -0.39 is 23.4 Å². The Bertz CT molecular complexity index is 1390.